The Kier molecular flexibility index (Phi) is 5.11. The average molecular weight is 469 g/mol. The summed E-state index contributed by atoms with van der Waals surface area (Å²) in [6, 6.07) is 8.28. The quantitative estimate of drug-likeness (QED) is 0.457. The zero-order valence-corrected chi connectivity index (χ0v) is 16.8. The van der Waals surface area contributed by atoms with E-state index < -0.39 is 44.1 Å². The number of thiazole rings is 1. The van der Waals surface area contributed by atoms with Crippen LogP contribution in [-0.4, -0.2) is 28.2 Å². The van der Waals surface area contributed by atoms with Gasteiger partial charge in [0.05, 0.1) is 11.2 Å². The number of halogens is 4. The number of nitrogens with two attached hydrogens (primary N) is 1. The first-order valence-corrected chi connectivity index (χ1v) is 10.9. The van der Waals surface area contributed by atoms with E-state index in [1.165, 1.54) is 29.5 Å². The maximum atomic E-state index is 14.9. The molecule has 4 rings (SSSR count). The lowest BCUT2D eigenvalue weighted by molar-refractivity contribution is -0.143. The van der Waals surface area contributed by atoms with E-state index in [1.807, 2.05) is 0 Å². The molecule has 0 amide bonds. The molecule has 2 N–H and O–H groups in total. The molecule has 0 fully saturated rings. The molecule has 0 aliphatic carbocycles. The number of sulfonamides is 1. The van der Waals surface area contributed by atoms with E-state index in [-0.39, 0.29) is 5.56 Å². The maximum Gasteiger partial charge on any atom is 0.438 e. The van der Waals surface area contributed by atoms with Gasteiger partial charge in [-0.2, -0.15) is 18.3 Å². The van der Waals surface area contributed by atoms with Crippen LogP contribution in [0.1, 0.15) is 5.69 Å². The monoisotopic (exact) mass is 469 g/mol. The fourth-order valence-corrected chi connectivity index (χ4v) is 4.14. The lowest BCUT2D eigenvalue weighted by Gasteiger charge is -2.11. The molecular formula is C18H11F4N5O2S2. The van der Waals surface area contributed by atoms with E-state index in [2.05, 4.69) is 15.1 Å². The molecular weight excluding hydrogens is 458 g/mol. The smallest absolute Gasteiger partial charge is 0.245 e. The van der Waals surface area contributed by atoms with Crippen LogP contribution in [0.5, 0.6) is 0 Å². The Bertz CT molecular complexity index is 1350. The summed E-state index contributed by atoms with van der Waals surface area (Å²) in [6.45, 7) is 0. The molecule has 160 valence electrons. The molecule has 0 saturated carbocycles. The normalized spacial score (nSPS) is 12.3. The van der Waals surface area contributed by atoms with Crippen molar-refractivity contribution in [3.63, 3.8) is 0 Å². The first-order chi connectivity index (χ1) is 14.6. The summed E-state index contributed by atoms with van der Waals surface area (Å²) < 4.78 is 79.4. The average Bonchev–Trinajstić information content (AvgIpc) is 3.35. The molecule has 1 aromatic carbocycles. The Labute approximate surface area is 176 Å². The molecule has 0 spiro atoms. The molecule has 0 unspecified atom stereocenters. The van der Waals surface area contributed by atoms with Crippen molar-refractivity contribution in [2.75, 3.05) is 0 Å². The van der Waals surface area contributed by atoms with Crippen molar-refractivity contribution in [1.29, 1.82) is 0 Å². The van der Waals surface area contributed by atoms with E-state index in [4.69, 9.17) is 5.14 Å². The van der Waals surface area contributed by atoms with Crippen LogP contribution < -0.4 is 5.14 Å². The molecule has 3 aromatic heterocycles. The fraction of sp³-hybridized carbons (Fsp3) is 0.0556. The van der Waals surface area contributed by atoms with Gasteiger partial charge >= 0.3 is 6.18 Å². The minimum absolute atomic E-state index is 0.0312. The molecule has 31 heavy (non-hydrogen) atoms. The molecule has 7 nitrogen and oxygen atoms in total. The van der Waals surface area contributed by atoms with Crippen LogP contribution in [0.15, 0.2) is 58.5 Å². The number of hydrogen-bond donors (Lipinski definition) is 1. The Balaban J connectivity index is 1.96. The zero-order valence-electron chi connectivity index (χ0n) is 15.2. The van der Waals surface area contributed by atoms with E-state index in [0.29, 0.717) is 15.9 Å². The summed E-state index contributed by atoms with van der Waals surface area (Å²) in [7, 11) is -4.44. The Morgan fingerprint density at radius 3 is 2.29 bits per heavy atom. The van der Waals surface area contributed by atoms with Gasteiger partial charge in [0.15, 0.2) is 10.8 Å². The van der Waals surface area contributed by atoms with Gasteiger partial charge in [0.25, 0.3) is 10.0 Å². The van der Waals surface area contributed by atoms with Gasteiger partial charge in [-0.05, 0) is 12.1 Å². The van der Waals surface area contributed by atoms with Gasteiger partial charge in [-0.3, -0.25) is 0 Å². The summed E-state index contributed by atoms with van der Waals surface area (Å²) in [5, 5.41) is 9.48. The molecule has 0 bridgehead atoms. The van der Waals surface area contributed by atoms with Gasteiger partial charge < -0.3 is 0 Å². The number of pyridine rings is 1. The molecule has 3 heterocycles. The van der Waals surface area contributed by atoms with Gasteiger partial charge in [0.1, 0.15) is 11.4 Å². The molecule has 0 radical (unpaired) electrons. The van der Waals surface area contributed by atoms with Crippen molar-refractivity contribution in [2.24, 2.45) is 5.14 Å². The highest BCUT2D eigenvalue weighted by atomic mass is 32.2. The van der Waals surface area contributed by atoms with Gasteiger partial charge in [0, 0.05) is 22.7 Å². The van der Waals surface area contributed by atoms with Crippen molar-refractivity contribution in [3.05, 3.63) is 65.0 Å². The van der Waals surface area contributed by atoms with Crippen molar-refractivity contribution in [3.8, 4) is 28.2 Å². The first kappa shape index (κ1) is 21.1. The number of primary sulfonamides is 1. The van der Waals surface area contributed by atoms with Crippen molar-refractivity contribution in [2.45, 2.75) is 11.2 Å². The van der Waals surface area contributed by atoms with E-state index in [1.54, 1.807) is 23.0 Å². The zero-order chi connectivity index (χ0) is 22.4. The second kappa shape index (κ2) is 7.51. The second-order valence-corrected chi connectivity index (χ2v) is 8.44. The van der Waals surface area contributed by atoms with Gasteiger partial charge in [-0.25, -0.2) is 32.6 Å². The van der Waals surface area contributed by atoms with Crippen LogP contribution >= 0.6 is 11.3 Å². The summed E-state index contributed by atoms with van der Waals surface area (Å²) >= 11 is 1.36. The molecule has 0 aliphatic heterocycles. The number of aromatic nitrogens is 4. The van der Waals surface area contributed by atoms with E-state index in [9.17, 15) is 26.0 Å². The highest BCUT2D eigenvalue weighted by Gasteiger charge is 2.41. The molecule has 13 heteroatoms. The Hall–Kier alpha value is -3.16. The van der Waals surface area contributed by atoms with Gasteiger partial charge in [-0.15, -0.1) is 11.3 Å². The predicted octanol–water partition coefficient (Wildman–Crippen LogP) is 3.86. The minimum Gasteiger partial charge on any atom is -0.245 e. The number of hydrogen-bond acceptors (Lipinski definition) is 6. The highest BCUT2D eigenvalue weighted by Crippen LogP contribution is 2.37. The lowest BCUT2D eigenvalue weighted by Crippen LogP contribution is -2.18. The third-order valence-corrected chi connectivity index (χ3v) is 5.67. The van der Waals surface area contributed by atoms with Crippen LogP contribution in [0.25, 0.3) is 28.2 Å². The van der Waals surface area contributed by atoms with E-state index >= 15 is 0 Å². The number of benzene rings is 1. The molecule has 0 aliphatic rings. The second-order valence-electron chi connectivity index (χ2n) is 6.24. The van der Waals surface area contributed by atoms with Crippen LogP contribution in [0.4, 0.5) is 17.6 Å². The lowest BCUT2D eigenvalue weighted by atomic mass is 10.1. The standard InChI is InChI=1S/C18H11F4N5O2S2/c19-14-15(11-5-3-10(4-6-11)12-8-30-9-25-12)27(26-16(14)18(20,21)22)13-2-1-7-24-17(13)31(23,28)29/h1-9H,(H2,23,28,29). The van der Waals surface area contributed by atoms with Gasteiger partial charge in [-0.1, -0.05) is 24.3 Å². The minimum atomic E-state index is -5.12. The van der Waals surface area contributed by atoms with Crippen molar-refractivity contribution in [1.82, 2.24) is 19.7 Å². The fourth-order valence-electron chi connectivity index (χ4n) is 2.92. The molecule has 0 saturated heterocycles. The molecule has 0 atom stereocenters. The van der Waals surface area contributed by atoms with Gasteiger partial charge in [0.2, 0.25) is 5.69 Å². The van der Waals surface area contributed by atoms with Crippen LogP contribution in [0.3, 0.4) is 0 Å². The highest BCUT2D eigenvalue weighted by molar-refractivity contribution is 7.89. The van der Waals surface area contributed by atoms with Crippen molar-refractivity contribution < 1.29 is 26.0 Å². The van der Waals surface area contributed by atoms with Crippen LogP contribution in [-0.2, 0) is 16.2 Å². The van der Waals surface area contributed by atoms with Crippen LogP contribution in [0.2, 0.25) is 0 Å². The van der Waals surface area contributed by atoms with Crippen molar-refractivity contribution >= 4 is 21.4 Å². The third-order valence-electron chi connectivity index (χ3n) is 4.23. The summed E-state index contributed by atoms with van der Waals surface area (Å²) in [4.78, 5) is 7.76. The van der Waals surface area contributed by atoms with Crippen LogP contribution in [0, 0.1) is 5.82 Å². The third kappa shape index (κ3) is 3.94. The summed E-state index contributed by atoms with van der Waals surface area (Å²) in [5.74, 6) is -1.65. The van der Waals surface area contributed by atoms with E-state index in [0.717, 1.165) is 12.3 Å². The summed E-state index contributed by atoms with van der Waals surface area (Å²) in [6.07, 6.45) is -4.02. The largest absolute Gasteiger partial charge is 0.438 e. The topological polar surface area (TPSA) is 104 Å². The Morgan fingerprint density at radius 1 is 1.03 bits per heavy atom. The number of alkyl halides is 3. The number of rotatable bonds is 4. The number of nitrogens with zero attached hydrogens (tertiary/aromatic N) is 4. The molecule has 4 aromatic rings. The summed E-state index contributed by atoms with van der Waals surface area (Å²) in [5.41, 5.74) is 0.154. The SMILES string of the molecule is NS(=O)(=O)c1ncccc1-n1nc(C(F)(F)F)c(F)c1-c1ccc(-c2cscn2)cc1. The maximum absolute atomic E-state index is 14.9. The predicted molar refractivity (Wildman–Crippen MR) is 104 cm³/mol. The first-order valence-electron chi connectivity index (χ1n) is 8.40. The Morgan fingerprint density at radius 2 is 1.71 bits per heavy atom.